The summed E-state index contributed by atoms with van der Waals surface area (Å²) in [5.74, 6) is -30.7. The van der Waals surface area contributed by atoms with Gasteiger partial charge < -0.3 is 0 Å². The third-order valence-electron chi connectivity index (χ3n) is 2.19. The quantitative estimate of drug-likeness (QED) is 0.330. The largest absolute Gasteiger partial charge is 0.460 e. The molecule has 21 heavy (non-hydrogen) atoms. The maximum absolute atomic E-state index is 12.9. The molecule has 0 aliphatic carbocycles. The van der Waals surface area contributed by atoms with Crippen molar-refractivity contribution in [1.82, 2.24) is 0 Å². The van der Waals surface area contributed by atoms with Crippen LogP contribution in [0.1, 0.15) is 6.42 Å². The highest BCUT2D eigenvalue weighted by atomic mass is 127. The molecule has 0 aliphatic rings. The van der Waals surface area contributed by atoms with Gasteiger partial charge in [-0.05, 0) is 0 Å². The van der Waals surface area contributed by atoms with Gasteiger partial charge in [0.25, 0.3) is 5.78 Å². The van der Waals surface area contributed by atoms with E-state index in [-0.39, 0.29) is 0 Å². The van der Waals surface area contributed by atoms with Crippen molar-refractivity contribution in [3.05, 3.63) is 0 Å². The van der Waals surface area contributed by atoms with Crippen molar-refractivity contribution in [2.75, 3.05) is 4.43 Å². The number of hydrogen-bond acceptors (Lipinski definition) is 1. The van der Waals surface area contributed by atoms with Crippen LogP contribution in [-0.4, -0.2) is 40.1 Å². The maximum Gasteiger partial charge on any atom is 0.460 e. The van der Waals surface area contributed by atoms with E-state index in [1.807, 2.05) is 0 Å². The second-order valence-electron chi connectivity index (χ2n) is 3.69. The van der Waals surface area contributed by atoms with Gasteiger partial charge in [-0.15, -0.1) is 0 Å². The van der Waals surface area contributed by atoms with Gasteiger partial charge in [-0.2, -0.15) is 48.3 Å². The van der Waals surface area contributed by atoms with Crippen molar-refractivity contribution in [2.24, 2.45) is 0 Å². The molecule has 0 saturated carbocycles. The van der Waals surface area contributed by atoms with Crippen LogP contribution >= 0.6 is 22.6 Å². The highest BCUT2D eigenvalue weighted by Crippen LogP contribution is 2.51. The Balaban J connectivity index is 5.81. The van der Waals surface area contributed by atoms with E-state index >= 15 is 0 Å². The summed E-state index contributed by atoms with van der Waals surface area (Å²) in [5.41, 5.74) is 0. The molecule has 0 N–H and O–H groups in total. The number of hydrogen-bond donors (Lipinski definition) is 0. The summed E-state index contributed by atoms with van der Waals surface area (Å²) < 4.78 is 136. The van der Waals surface area contributed by atoms with Crippen LogP contribution in [-0.2, 0) is 4.79 Å². The van der Waals surface area contributed by atoms with Gasteiger partial charge in [0.1, 0.15) is 0 Å². The topological polar surface area (TPSA) is 17.1 Å². The second kappa shape index (κ2) is 5.68. The molecule has 0 rings (SSSR count). The smallest absolute Gasteiger partial charge is 0.286 e. The van der Waals surface area contributed by atoms with E-state index in [2.05, 4.69) is 0 Å². The van der Waals surface area contributed by atoms with E-state index < -0.39 is 46.5 Å². The minimum Gasteiger partial charge on any atom is -0.286 e. The lowest BCUT2D eigenvalue weighted by Gasteiger charge is -2.32. The molecule has 13 heteroatoms. The first-order valence-corrected chi connectivity index (χ1v) is 6.18. The summed E-state index contributed by atoms with van der Waals surface area (Å²) >= 11 is 1.09. The number of halogens is 12. The van der Waals surface area contributed by atoms with E-state index in [1.165, 1.54) is 0 Å². The SMILES string of the molecule is O=C(C(F)(F)C(F)(F)CCI)C(F)(F)C(F)(F)C(F)(F)F. The standard InChI is InChI=1S/C8H4F11IO/c9-4(10,1-2-20)5(11,12)3(21)6(13,14)7(15,16)8(17,18)19/h1-2H2. The molecule has 0 unspecified atom stereocenters. The second-order valence-corrected chi connectivity index (χ2v) is 4.77. The zero-order valence-electron chi connectivity index (χ0n) is 9.36. The minimum absolute atomic E-state index is 0.797. The summed E-state index contributed by atoms with van der Waals surface area (Å²) in [4.78, 5) is 10.5. The molecule has 0 atom stereocenters. The molecule has 126 valence electrons. The molecular formula is C8H4F11IO. The van der Waals surface area contributed by atoms with E-state index in [0.717, 1.165) is 22.6 Å². The molecule has 0 aromatic carbocycles. The number of Topliss-reactive ketones (excluding diaryl/α,β-unsaturated/α-hetero) is 1. The Morgan fingerprint density at radius 2 is 1.14 bits per heavy atom. The van der Waals surface area contributed by atoms with E-state index in [9.17, 15) is 53.1 Å². The number of rotatable bonds is 6. The molecule has 0 bridgehead atoms. The van der Waals surface area contributed by atoms with E-state index in [1.54, 1.807) is 0 Å². The molecule has 0 heterocycles. The first-order chi connectivity index (χ1) is 8.97. The van der Waals surface area contributed by atoms with Crippen LogP contribution in [0, 0.1) is 0 Å². The average Bonchev–Trinajstić information content (AvgIpc) is 2.25. The fourth-order valence-corrected chi connectivity index (χ4v) is 1.64. The molecule has 0 aliphatic heterocycles. The summed E-state index contributed by atoms with van der Waals surface area (Å²) in [6, 6.07) is 0. The molecule has 0 radical (unpaired) electrons. The zero-order chi connectivity index (χ0) is 17.5. The maximum atomic E-state index is 12.9. The van der Waals surface area contributed by atoms with Gasteiger partial charge in [-0.1, -0.05) is 22.6 Å². The summed E-state index contributed by atoms with van der Waals surface area (Å²) in [7, 11) is 0. The Kier molecular flexibility index (Phi) is 5.58. The van der Waals surface area contributed by atoms with Crippen molar-refractivity contribution in [3.63, 3.8) is 0 Å². The molecule has 0 fully saturated rings. The Labute approximate surface area is 123 Å². The minimum atomic E-state index is -7.22. The first kappa shape index (κ1) is 20.6. The molecule has 0 saturated heterocycles. The molecule has 0 spiro atoms. The fraction of sp³-hybridized carbons (Fsp3) is 0.875. The number of ketones is 1. The highest BCUT2D eigenvalue weighted by molar-refractivity contribution is 14.1. The lowest BCUT2D eigenvalue weighted by atomic mass is 9.96. The van der Waals surface area contributed by atoms with Gasteiger partial charge in [0.15, 0.2) is 0 Å². The van der Waals surface area contributed by atoms with Crippen molar-refractivity contribution in [1.29, 1.82) is 0 Å². The van der Waals surface area contributed by atoms with Crippen LogP contribution in [0.15, 0.2) is 0 Å². The highest BCUT2D eigenvalue weighted by Gasteiger charge is 2.81. The number of alkyl halides is 12. The summed E-state index contributed by atoms with van der Waals surface area (Å²) in [6.45, 7) is 0. The normalized spacial score (nSPS) is 15.2. The van der Waals surface area contributed by atoms with Crippen molar-refractivity contribution in [3.8, 4) is 0 Å². The molecular weight excluding hydrogens is 448 g/mol. The van der Waals surface area contributed by atoms with Gasteiger partial charge >= 0.3 is 29.9 Å². The van der Waals surface area contributed by atoms with Gasteiger partial charge in [0, 0.05) is 10.8 Å². The van der Waals surface area contributed by atoms with Crippen LogP contribution in [0.5, 0.6) is 0 Å². The average molecular weight is 452 g/mol. The Morgan fingerprint density at radius 3 is 1.43 bits per heavy atom. The third kappa shape index (κ3) is 3.36. The van der Waals surface area contributed by atoms with Crippen LogP contribution in [0.25, 0.3) is 0 Å². The monoisotopic (exact) mass is 452 g/mol. The molecule has 0 aromatic rings. The van der Waals surface area contributed by atoms with E-state index in [0.29, 0.717) is 0 Å². The number of carbonyl (C=O) groups excluding carboxylic acids is 1. The Morgan fingerprint density at radius 1 is 0.762 bits per heavy atom. The number of carbonyl (C=O) groups is 1. The summed E-state index contributed by atoms with van der Waals surface area (Å²) in [6.07, 6.45) is -8.96. The van der Waals surface area contributed by atoms with Gasteiger partial charge in [-0.3, -0.25) is 4.79 Å². The third-order valence-corrected chi connectivity index (χ3v) is 2.73. The zero-order valence-corrected chi connectivity index (χ0v) is 11.5. The van der Waals surface area contributed by atoms with Crippen molar-refractivity contribution >= 4 is 28.4 Å². The molecule has 0 amide bonds. The van der Waals surface area contributed by atoms with Crippen LogP contribution in [0.4, 0.5) is 48.3 Å². The van der Waals surface area contributed by atoms with Crippen LogP contribution < -0.4 is 0 Å². The van der Waals surface area contributed by atoms with Crippen LogP contribution in [0.3, 0.4) is 0 Å². The van der Waals surface area contributed by atoms with Gasteiger partial charge in [0.05, 0.1) is 0 Å². The lowest BCUT2D eigenvalue weighted by molar-refractivity contribution is -0.349. The Bertz CT molecular complexity index is 400. The first-order valence-electron chi connectivity index (χ1n) is 4.65. The van der Waals surface area contributed by atoms with Crippen molar-refractivity contribution < 1.29 is 53.1 Å². The van der Waals surface area contributed by atoms with Gasteiger partial charge in [0.2, 0.25) is 0 Å². The fourth-order valence-electron chi connectivity index (χ4n) is 0.960. The Hall–Kier alpha value is -0.370. The predicted molar refractivity (Wildman–Crippen MR) is 54.4 cm³/mol. The summed E-state index contributed by atoms with van der Waals surface area (Å²) in [5, 5.41) is 0. The molecule has 0 aromatic heterocycles. The lowest BCUT2D eigenvalue weighted by Crippen LogP contribution is -2.63. The van der Waals surface area contributed by atoms with E-state index in [4.69, 9.17) is 0 Å². The molecule has 1 nitrogen and oxygen atoms in total. The van der Waals surface area contributed by atoms with Crippen LogP contribution in [0.2, 0.25) is 0 Å². The predicted octanol–water partition coefficient (Wildman–Crippen LogP) is 4.48. The van der Waals surface area contributed by atoms with Gasteiger partial charge in [-0.25, -0.2) is 0 Å². The van der Waals surface area contributed by atoms with Crippen molar-refractivity contribution in [2.45, 2.75) is 36.3 Å².